The number of ether oxygens (including phenoxy) is 1. The van der Waals surface area contributed by atoms with Gasteiger partial charge in [-0.3, -0.25) is 19.5 Å². The summed E-state index contributed by atoms with van der Waals surface area (Å²) >= 11 is 0.713. The number of fused-ring (bicyclic) bond motifs is 1. The Bertz CT molecular complexity index is 1660. The largest absolute Gasteiger partial charge is 0.465 e. The molecule has 0 aliphatic rings. The molecule has 0 saturated carbocycles. The monoisotopic (exact) mass is 507 g/mol. The summed E-state index contributed by atoms with van der Waals surface area (Å²) in [6.45, 7) is 0. The zero-order chi connectivity index (χ0) is 25.4. The van der Waals surface area contributed by atoms with Gasteiger partial charge in [-0.1, -0.05) is 17.4 Å². The number of nitrogens with zero attached hydrogens (tertiary/aromatic N) is 6. The Morgan fingerprint density at radius 2 is 2.03 bits per heavy atom. The second kappa shape index (κ2) is 8.99. The molecular weight excluding hydrogens is 493 g/mol. The van der Waals surface area contributed by atoms with Crippen molar-refractivity contribution in [1.82, 2.24) is 24.3 Å². The number of benzene rings is 1. The summed E-state index contributed by atoms with van der Waals surface area (Å²) in [6.07, 6.45) is 4.39. The van der Waals surface area contributed by atoms with Gasteiger partial charge in [-0.2, -0.15) is 15.1 Å². The van der Waals surface area contributed by atoms with Crippen LogP contribution in [-0.2, 0) is 4.74 Å². The first-order chi connectivity index (χ1) is 17.3. The van der Waals surface area contributed by atoms with Gasteiger partial charge in [0, 0.05) is 18.5 Å². The van der Waals surface area contributed by atoms with E-state index in [2.05, 4.69) is 20.4 Å². The number of aromatic nitrogens is 5. The van der Waals surface area contributed by atoms with E-state index in [0.717, 1.165) is 0 Å². The molecule has 4 heterocycles. The van der Waals surface area contributed by atoms with Crippen LogP contribution in [0.15, 0.2) is 61.1 Å². The van der Waals surface area contributed by atoms with Crippen LogP contribution < -0.4 is 5.32 Å². The van der Waals surface area contributed by atoms with Crippen molar-refractivity contribution in [3.8, 4) is 11.6 Å². The van der Waals surface area contributed by atoms with Gasteiger partial charge in [0.25, 0.3) is 5.91 Å². The van der Waals surface area contributed by atoms with Crippen LogP contribution in [0.1, 0.15) is 20.0 Å². The summed E-state index contributed by atoms with van der Waals surface area (Å²) < 4.78 is 21.4. The molecule has 0 saturated heterocycles. The Labute approximate surface area is 204 Å². The van der Waals surface area contributed by atoms with Gasteiger partial charge in [-0.05, 0) is 30.3 Å². The molecule has 180 valence electrons. The van der Waals surface area contributed by atoms with E-state index < -0.39 is 22.6 Å². The third kappa shape index (κ3) is 4.16. The second-order valence-corrected chi connectivity index (χ2v) is 8.36. The summed E-state index contributed by atoms with van der Waals surface area (Å²) in [5.41, 5.74) is 0.867. The second-order valence-electron chi connectivity index (χ2n) is 7.29. The van der Waals surface area contributed by atoms with Crippen LogP contribution in [0.5, 0.6) is 0 Å². The van der Waals surface area contributed by atoms with Crippen LogP contribution in [0.2, 0.25) is 0 Å². The molecule has 36 heavy (non-hydrogen) atoms. The molecule has 1 aromatic carbocycles. The number of nitrogens with one attached hydrogen (secondary N) is 1. The van der Waals surface area contributed by atoms with Gasteiger partial charge in [0.15, 0.2) is 5.65 Å². The highest BCUT2D eigenvalue weighted by Gasteiger charge is 2.21. The molecule has 1 N–H and O–H groups in total. The van der Waals surface area contributed by atoms with E-state index in [0.29, 0.717) is 22.4 Å². The Hall–Kier alpha value is -4.98. The summed E-state index contributed by atoms with van der Waals surface area (Å²) in [7, 11) is 1.25. The van der Waals surface area contributed by atoms with Crippen LogP contribution in [0, 0.1) is 15.9 Å². The summed E-state index contributed by atoms with van der Waals surface area (Å²) in [5.74, 6) is -1.53. The number of halogens is 1. The number of carbonyl (C=O) groups excluding carboxylic acids is 2. The number of hydrogen-bond acceptors (Lipinski definition) is 9. The summed E-state index contributed by atoms with van der Waals surface area (Å²) in [4.78, 5) is 44.2. The normalized spacial score (nSPS) is 10.9. The predicted octanol–water partition coefficient (Wildman–Crippen LogP) is 3.75. The maximum atomic E-state index is 13.9. The Kier molecular flexibility index (Phi) is 5.69. The molecular formula is C22H14FN7O5S. The standard InChI is InChI=1S/C22H14FN7O5S/c1-35-21(32)12-7-8-28(11-12)22-26-18(25-20(31)16-5-6-17(36-16)30(33)34)15-10-24-29(19(15)27-22)14-4-2-3-13(23)9-14/h2-11H,1H3,(H,25,26,27,31). The Morgan fingerprint density at radius 1 is 1.19 bits per heavy atom. The minimum Gasteiger partial charge on any atom is -0.465 e. The fraction of sp³-hybridized carbons (Fsp3) is 0.0455. The molecule has 0 fully saturated rings. The van der Waals surface area contributed by atoms with E-state index in [4.69, 9.17) is 4.74 Å². The molecule has 4 aromatic heterocycles. The fourth-order valence-electron chi connectivity index (χ4n) is 3.38. The Balaban J connectivity index is 1.63. The third-order valence-corrected chi connectivity index (χ3v) is 6.08. The molecule has 0 radical (unpaired) electrons. The van der Waals surface area contributed by atoms with Gasteiger partial charge >= 0.3 is 11.0 Å². The lowest BCUT2D eigenvalue weighted by Crippen LogP contribution is -2.14. The predicted molar refractivity (Wildman–Crippen MR) is 126 cm³/mol. The van der Waals surface area contributed by atoms with Crippen molar-refractivity contribution in [2.75, 3.05) is 12.4 Å². The highest BCUT2D eigenvalue weighted by Crippen LogP contribution is 2.28. The van der Waals surface area contributed by atoms with Crippen molar-refractivity contribution in [3.05, 3.63) is 87.4 Å². The number of methoxy groups -OCH3 is 1. The average Bonchev–Trinajstić information content (AvgIpc) is 3.63. The lowest BCUT2D eigenvalue weighted by molar-refractivity contribution is -0.380. The molecule has 0 spiro atoms. The van der Waals surface area contributed by atoms with E-state index in [9.17, 15) is 24.1 Å². The van der Waals surface area contributed by atoms with E-state index in [1.807, 2.05) is 0 Å². The van der Waals surface area contributed by atoms with Crippen LogP contribution in [0.25, 0.3) is 22.7 Å². The number of hydrogen-bond donors (Lipinski definition) is 1. The maximum absolute atomic E-state index is 13.9. The van der Waals surface area contributed by atoms with Crippen molar-refractivity contribution < 1.29 is 23.6 Å². The van der Waals surface area contributed by atoms with Gasteiger partial charge in [0.2, 0.25) is 5.95 Å². The van der Waals surface area contributed by atoms with E-state index >= 15 is 0 Å². The quantitative estimate of drug-likeness (QED) is 0.208. The van der Waals surface area contributed by atoms with Gasteiger partial charge in [0.1, 0.15) is 11.6 Å². The van der Waals surface area contributed by atoms with Crippen molar-refractivity contribution >= 4 is 45.1 Å². The topological polar surface area (TPSA) is 147 Å². The fourth-order valence-corrected chi connectivity index (χ4v) is 4.10. The lowest BCUT2D eigenvalue weighted by atomic mass is 10.3. The molecule has 12 nitrogen and oxygen atoms in total. The van der Waals surface area contributed by atoms with Gasteiger partial charge in [-0.15, -0.1) is 0 Å². The summed E-state index contributed by atoms with van der Waals surface area (Å²) in [5, 5.41) is 18.1. The highest BCUT2D eigenvalue weighted by molar-refractivity contribution is 7.17. The first kappa shape index (κ1) is 22.8. The van der Waals surface area contributed by atoms with Crippen molar-refractivity contribution in [1.29, 1.82) is 0 Å². The van der Waals surface area contributed by atoms with Crippen LogP contribution in [-0.4, -0.2) is 48.2 Å². The number of nitro groups is 1. The minimum atomic E-state index is -0.625. The smallest absolute Gasteiger partial charge is 0.339 e. The van der Waals surface area contributed by atoms with E-state index in [-0.39, 0.29) is 32.9 Å². The first-order valence-electron chi connectivity index (χ1n) is 10.2. The van der Waals surface area contributed by atoms with Crippen LogP contribution >= 0.6 is 11.3 Å². The van der Waals surface area contributed by atoms with E-state index in [1.54, 1.807) is 6.07 Å². The number of amides is 1. The number of carbonyl (C=O) groups is 2. The molecule has 0 aliphatic heterocycles. The van der Waals surface area contributed by atoms with Crippen molar-refractivity contribution in [2.24, 2.45) is 0 Å². The zero-order valence-corrected chi connectivity index (χ0v) is 19.1. The number of anilines is 1. The van der Waals surface area contributed by atoms with Crippen LogP contribution in [0.3, 0.4) is 0 Å². The number of rotatable bonds is 6. The third-order valence-electron chi connectivity index (χ3n) is 5.04. The molecule has 14 heteroatoms. The molecule has 0 bridgehead atoms. The SMILES string of the molecule is COC(=O)c1ccn(-c2nc(NC(=O)c3ccc([N+](=O)[O-])s3)c3cnn(-c4cccc(F)c4)c3n2)c1. The van der Waals surface area contributed by atoms with Crippen molar-refractivity contribution in [3.63, 3.8) is 0 Å². The molecule has 1 amide bonds. The van der Waals surface area contributed by atoms with Crippen molar-refractivity contribution in [2.45, 2.75) is 0 Å². The minimum absolute atomic E-state index is 0.0621. The Morgan fingerprint density at radius 3 is 2.75 bits per heavy atom. The lowest BCUT2D eigenvalue weighted by Gasteiger charge is -2.09. The van der Waals surface area contributed by atoms with Gasteiger partial charge in [0.05, 0.1) is 39.7 Å². The zero-order valence-electron chi connectivity index (χ0n) is 18.3. The molecule has 5 rings (SSSR count). The number of thiophene rings is 1. The molecule has 0 atom stereocenters. The van der Waals surface area contributed by atoms with Gasteiger partial charge < -0.3 is 10.1 Å². The molecule has 0 aliphatic carbocycles. The summed E-state index contributed by atoms with van der Waals surface area (Å²) in [6, 6.07) is 9.77. The molecule has 5 aromatic rings. The highest BCUT2D eigenvalue weighted by atomic mass is 32.1. The average molecular weight is 507 g/mol. The van der Waals surface area contributed by atoms with Crippen LogP contribution in [0.4, 0.5) is 15.2 Å². The first-order valence-corrected chi connectivity index (χ1v) is 11.0. The molecule has 0 unspecified atom stereocenters. The maximum Gasteiger partial charge on any atom is 0.339 e. The van der Waals surface area contributed by atoms with Gasteiger partial charge in [-0.25, -0.2) is 13.9 Å². The van der Waals surface area contributed by atoms with E-state index in [1.165, 1.54) is 71.3 Å². The number of esters is 1.